The fraction of sp³-hybridized carbons (Fsp3) is 0.600. The van der Waals surface area contributed by atoms with E-state index >= 15 is 0 Å². The molecule has 0 spiro atoms. The molecule has 1 aliphatic heterocycles. The Balaban J connectivity index is 2.04. The maximum atomic E-state index is 12.0. The van der Waals surface area contributed by atoms with E-state index < -0.39 is 0 Å². The van der Waals surface area contributed by atoms with Gasteiger partial charge < -0.3 is 4.90 Å². The minimum absolute atomic E-state index is 0.142. The molecule has 0 aliphatic carbocycles. The van der Waals surface area contributed by atoms with Crippen molar-refractivity contribution in [3.8, 4) is 0 Å². The van der Waals surface area contributed by atoms with Gasteiger partial charge in [0.25, 0.3) is 0 Å². The van der Waals surface area contributed by atoms with Gasteiger partial charge in [0.1, 0.15) is 0 Å². The van der Waals surface area contributed by atoms with E-state index in [0.29, 0.717) is 6.54 Å². The Bertz CT molecular complexity index is 659. The number of benzene rings is 1. The van der Waals surface area contributed by atoms with Gasteiger partial charge in [-0.3, -0.25) is 19.4 Å². The molecule has 138 valence electrons. The second-order valence-electron chi connectivity index (χ2n) is 7.39. The summed E-state index contributed by atoms with van der Waals surface area (Å²) in [7, 11) is 3.60. The zero-order valence-corrected chi connectivity index (χ0v) is 16.5. The average Bonchev–Trinajstić information content (AvgIpc) is 2.52. The lowest BCUT2D eigenvalue weighted by atomic mass is 9.91. The highest BCUT2D eigenvalue weighted by atomic mass is 16.2. The van der Waals surface area contributed by atoms with Gasteiger partial charge in [0, 0.05) is 52.4 Å². The zero-order valence-electron chi connectivity index (χ0n) is 16.5. The molecule has 0 saturated carbocycles. The van der Waals surface area contributed by atoms with Crippen LogP contribution in [0.5, 0.6) is 0 Å². The Hall–Kier alpha value is -1.72. The number of piperazine rings is 1. The first-order valence-electron chi connectivity index (χ1n) is 8.96. The fourth-order valence-corrected chi connectivity index (χ4v) is 3.67. The molecule has 1 aromatic carbocycles. The highest BCUT2D eigenvalue weighted by Crippen LogP contribution is 2.24. The molecule has 2 rings (SSSR count). The summed E-state index contributed by atoms with van der Waals surface area (Å²) in [6, 6.07) is 2.13. The SMILES string of the molecule is CC(=O)c1c(C)cc(C)c(CN2CCN(CC(=O)N(C)C)CC2)c1C. The first-order valence-corrected chi connectivity index (χ1v) is 8.96. The van der Waals surface area contributed by atoms with E-state index in [-0.39, 0.29) is 11.7 Å². The molecule has 0 atom stereocenters. The standard InChI is InChI=1S/C20H31N3O2/c1-14-11-15(2)20(17(4)24)16(3)18(14)12-22-7-9-23(10-8-22)13-19(25)21(5)6/h11H,7-10,12-13H2,1-6H3. The van der Waals surface area contributed by atoms with Crippen molar-refractivity contribution in [2.75, 3.05) is 46.8 Å². The van der Waals surface area contributed by atoms with Gasteiger partial charge in [-0.1, -0.05) is 6.07 Å². The third-order valence-electron chi connectivity index (χ3n) is 5.19. The molecule has 0 radical (unpaired) electrons. The lowest BCUT2D eigenvalue weighted by Crippen LogP contribution is -2.49. The van der Waals surface area contributed by atoms with Crippen LogP contribution >= 0.6 is 0 Å². The molecule has 1 aromatic rings. The molecule has 1 aliphatic rings. The number of rotatable bonds is 5. The normalized spacial score (nSPS) is 16.1. The number of nitrogens with zero attached hydrogens (tertiary/aromatic N) is 3. The van der Waals surface area contributed by atoms with Crippen molar-refractivity contribution in [3.05, 3.63) is 33.9 Å². The molecule has 1 amide bonds. The quantitative estimate of drug-likeness (QED) is 0.766. The number of hydrogen-bond acceptors (Lipinski definition) is 4. The van der Waals surface area contributed by atoms with Crippen molar-refractivity contribution in [1.29, 1.82) is 0 Å². The van der Waals surface area contributed by atoms with Crippen LogP contribution in [0, 0.1) is 20.8 Å². The van der Waals surface area contributed by atoms with Gasteiger partial charge in [-0.25, -0.2) is 0 Å². The van der Waals surface area contributed by atoms with Gasteiger partial charge >= 0.3 is 0 Å². The Morgan fingerprint density at radius 1 is 1.00 bits per heavy atom. The number of carbonyl (C=O) groups is 2. The summed E-state index contributed by atoms with van der Waals surface area (Å²) < 4.78 is 0. The van der Waals surface area contributed by atoms with Crippen LogP contribution in [-0.4, -0.2) is 73.2 Å². The van der Waals surface area contributed by atoms with Crippen LogP contribution in [0.4, 0.5) is 0 Å². The second kappa shape index (κ2) is 8.11. The van der Waals surface area contributed by atoms with Gasteiger partial charge in [0.15, 0.2) is 5.78 Å². The molecular formula is C20H31N3O2. The monoisotopic (exact) mass is 345 g/mol. The smallest absolute Gasteiger partial charge is 0.236 e. The minimum Gasteiger partial charge on any atom is -0.348 e. The van der Waals surface area contributed by atoms with Gasteiger partial charge in [-0.2, -0.15) is 0 Å². The third kappa shape index (κ3) is 4.67. The zero-order chi connectivity index (χ0) is 18.7. The van der Waals surface area contributed by atoms with Crippen molar-refractivity contribution in [3.63, 3.8) is 0 Å². The predicted molar refractivity (Wildman–Crippen MR) is 101 cm³/mol. The van der Waals surface area contributed by atoms with Gasteiger partial charge in [0.2, 0.25) is 5.91 Å². The molecule has 1 fully saturated rings. The number of hydrogen-bond donors (Lipinski definition) is 0. The number of carbonyl (C=O) groups excluding carboxylic acids is 2. The molecule has 5 nitrogen and oxygen atoms in total. The van der Waals surface area contributed by atoms with Crippen molar-refractivity contribution in [2.24, 2.45) is 0 Å². The van der Waals surface area contributed by atoms with E-state index in [4.69, 9.17) is 0 Å². The summed E-state index contributed by atoms with van der Waals surface area (Å²) in [5.41, 5.74) is 5.59. The lowest BCUT2D eigenvalue weighted by molar-refractivity contribution is -0.130. The molecule has 25 heavy (non-hydrogen) atoms. The van der Waals surface area contributed by atoms with Crippen LogP contribution in [0.3, 0.4) is 0 Å². The average molecular weight is 345 g/mol. The van der Waals surface area contributed by atoms with E-state index in [1.54, 1.807) is 25.9 Å². The highest BCUT2D eigenvalue weighted by Gasteiger charge is 2.22. The summed E-state index contributed by atoms with van der Waals surface area (Å²) in [5.74, 6) is 0.299. The first-order chi connectivity index (χ1) is 11.7. The van der Waals surface area contributed by atoms with Crippen LogP contribution in [-0.2, 0) is 11.3 Å². The molecular weight excluding hydrogens is 314 g/mol. The minimum atomic E-state index is 0.142. The Labute approximate surface area is 151 Å². The largest absolute Gasteiger partial charge is 0.348 e. The number of ketones is 1. The fourth-order valence-electron chi connectivity index (χ4n) is 3.67. The van der Waals surface area contributed by atoms with Crippen molar-refractivity contribution < 1.29 is 9.59 Å². The van der Waals surface area contributed by atoms with Crippen molar-refractivity contribution in [2.45, 2.75) is 34.2 Å². The lowest BCUT2D eigenvalue weighted by Gasteiger charge is -2.35. The molecule has 5 heteroatoms. The van der Waals surface area contributed by atoms with Crippen molar-refractivity contribution in [1.82, 2.24) is 14.7 Å². The summed E-state index contributed by atoms with van der Waals surface area (Å²) in [6.07, 6.45) is 0. The highest BCUT2D eigenvalue weighted by molar-refractivity contribution is 5.97. The van der Waals surface area contributed by atoms with Gasteiger partial charge in [0.05, 0.1) is 6.54 Å². The molecule has 1 heterocycles. The maximum absolute atomic E-state index is 12.0. The number of likely N-dealkylation sites (N-methyl/N-ethyl adjacent to an activating group) is 1. The number of amides is 1. The Kier molecular flexibility index (Phi) is 6.36. The van der Waals surface area contributed by atoms with Crippen LogP contribution < -0.4 is 0 Å². The molecule has 0 N–H and O–H groups in total. The van der Waals surface area contributed by atoms with Crippen LogP contribution in [0.2, 0.25) is 0 Å². The van der Waals surface area contributed by atoms with E-state index in [0.717, 1.165) is 49.4 Å². The number of Topliss-reactive ketones (excluding diaryl/α,β-unsaturated/α-hetero) is 1. The van der Waals surface area contributed by atoms with Crippen molar-refractivity contribution >= 4 is 11.7 Å². The second-order valence-corrected chi connectivity index (χ2v) is 7.39. The van der Waals surface area contributed by atoms with Gasteiger partial charge in [-0.05, 0) is 49.9 Å². The summed E-state index contributed by atoms with van der Waals surface area (Å²) in [6.45, 7) is 12.9. The molecule has 0 unspecified atom stereocenters. The molecule has 1 saturated heterocycles. The predicted octanol–water partition coefficient (Wildman–Crippen LogP) is 2.02. The summed E-state index contributed by atoms with van der Waals surface area (Å²) in [4.78, 5) is 30.1. The van der Waals surface area contributed by atoms with E-state index in [1.807, 2.05) is 6.92 Å². The topological polar surface area (TPSA) is 43.9 Å². The maximum Gasteiger partial charge on any atom is 0.236 e. The van der Waals surface area contributed by atoms with E-state index in [2.05, 4.69) is 29.7 Å². The van der Waals surface area contributed by atoms with Crippen LogP contribution in [0.25, 0.3) is 0 Å². The van der Waals surface area contributed by atoms with Crippen LogP contribution in [0.1, 0.15) is 39.5 Å². The molecule has 0 aromatic heterocycles. The Morgan fingerprint density at radius 2 is 1.56 bits per heavy atom. The number of aryl methyl sites for hydroxylation is 2. The summed E-state index contributed by atoms with van der Waals surface area (Å²) >= 11 is 0. The molecule has 0 bridgehead atoms. The third-order valence-corrected chi connectivity index (χ3v) is 5.19. The van der Waals surface area contributed by atoms with Crippen LogP contribution in [0.15, 0.2) is 6.07 Å². The summed E-state index contributed by atoms with van der Waals surface area (Å²) in [5, 5.41) is 0. The first kappa shape index (κ1) is 19.6. The van der Waals surface area contributed by atoms with E-state index in [1.165, 1.54) is 11.1 Å². The van der Waals surface area contributed by atoms with E-state index in [9.17, 15) is 9.59 Å². The Morgan fingerprint density at radius 3 is 2.08 bits per heavy atom. The van der Waals surface area contributed by atoms with Gasteiger partial charge in [-0.15, -0.1) is 0 Å².